The van der Waals surface area contributed by atoms with E-state index in [1.807, 2.05) is 18.2 Å². The van der Waals surface area contributed by atoms with Crippen molar-refractivity contribution < 1.29 is 18.0 Å². The third-order valence-corrected chi connectivity index (χ3v) is 4.50. The molecule has 0 fully saturated rings. The number of hydrogen-bond acceptors (Lipinski definition) is 2. The Bertz CT molecular complexity index is 682. The van der Waals surface area contributed by atoms with Crippen LogP contribution in [0.2, 0.25) is 0 Å². The molecule has 0 aromatic heterocycles. The average molecular weight is 309 g/mol. The van der Waals surface area contributed by atoms with E-state index < -0.39 is 17.0 Å². The maximum absolute atomic E-state index is 12.6. The van der Waals surface area contributed by atoms with E-state index in [2.05, 4.69) is 5.32 Å². The molecular formula is C15H10F3NOS. The molecule has 2 aromatic carbocycles. The number of halogens is 3. The highest BCUT2D eigenvalue weighted by Crippen LogP contribution is 2.43. The van der Waals surface area contributed by atoms with Crippen molar-refractivity contribution in [3.63, 3.8) is 0 Å². The molecule has 1 amide bonds. The Hall–Kier alpha value is -1.95. The summed E-state index contributed by atoms with van der Waals surface area (Å²) in [4.78, 5) is 13.0. The van der Waals surface area contributed by atoms with E-state index in [4.69, 9.17) is 0 Å². The van der Waals surface area contributed by atoms with Gasteiger partial charge in [0.1, 0.15) is 5.25 Å². The molecular weight excluding hydrogens is 299 g/mol. The highest BCUT2D eigenvalue weighted by Gasteiger charge is 2.32. The van der Waals surface area contributed by atoms with Gasteiger partial charge in [0.05, 0.1) is 11.3 Å². The number of alkyl halides is 3. The van der Waals surface area contributed by atoms with E-state index in [1.165, 1.54) is 23.9 Å². The predicted octanol–water partition coefficient (Wildman–Crippen LogP) is 4.49. The van der Waals surface area contributed by atoms with Crippen molar-refractivity contribution >= 4 is 23.4 Å². The van der Waals surface area contributed by atoms with Gasteiger partial charge in [0.25, 0.3) is 0 Å². The van der Waals surface area contributed by atoms with Gasteiger partial charge in [-0.05, 0) is 29.8 Å². The van der Waals surface area contributed by atoms with Crippen LogP contribution in [0.5, 0.6) is 0 Å². The summed E-state index contributed by atoms with van der Waals surface area (Å²) in [7, 11) is 0. The summed E-state index contributed by atoms with van der Waals surface area (Å²) in [5.41, 5.74) is 0.573. The fourth-order valence-corrected chi connectivity index (χ4v) is 3.23. The maximum Gasteiger partial charge on any atom is 0.416 e. The van der Waals surface area contributed by atoms with Gasteiger partial charge >= 0.3 is 6.18 Å². The number of carbonyl (C=O) groups is 1. The SMILES string of the molecule is O=C1Nc2ccccc2S[C@H]1c1ccc(C(F)(F)F)cc1. The van der Waals surface area contributed by atoms with Gasteiger partial charge in [0, 0.05) is 4.90 Å². The number of thioether (sulfide) groups is 1. The van der Waals surface area contributed by atoms with Crippen LogP contribution >= 0.6 is 11.8 Å². The Morgan fingerprint density at radius 1 is 1.00 bits per heavy atom. The van der Waals surface area contributed by atoms with Crippen LogP contribution in [0.3, 0.4) is 0 Å². The zero-order valence-corrected chi connectivity index (χ0v) is 11.5. The topological polar surface area (TPSA) is 29.1 Å². The summed E-state index contributed by atoms with van der Waals surface area (Å²) in [5, 5.41) is 2.23. The Morgan fingerprint density at radius 2 is 1.67 bits per heavy atom. The molecule has 1 N–H and O–H groups in total. The number of rotatable bonds is 1. The van der Waals surface area contributed by atoms with Crippen LogP contribution < -0.4 is 5.32 Å². The lowest BCUT2D eigenvalue weighted by Crippen LogP contribution is -2.23. The van der Waals surface area contributed by atoms with Crippen LogP contribution in [0, 0.1) is 0 Å². The van der Waals surface area contributed by atoms with Gasteiger partial charge in [0.2, 0.25) is 5.91 Å². The van der Waals surface area contributed by atoms with Gasteiger partial charge in [0.15, 0.2) is 0 Å². The molecule has 1 aliphatic heterocycles. The minimum Gasteiger partial charge on any atom is -0.324 e. The maximum atomic E-state index is 12.6. The number of nitrogens with one attached hydrogen (secondary N) is 1. The lowest BCUT2D eigenvalue weighted by Gasteiger charge is -2.24. The summed E-state index contributed by atoms with van der Waals surface area (Å²) in [5.74, 6) is -0.224. The predicted molar refractivity (Wildman–Crippen MR) is 75.1 cm³/mol. The summed E-state index contributed by atoms with van der Waals surface area (Å²) in [6, 6.07) is 12.1. The van der Waals surface area contributed by atoms with Crippen LogP contribution in [-0.2, 0) is 11.0 Å². The second-order valence-electron chi connectivity index (χ2n) is 4.60. The third-order valence-electron chi connectivity index (χ3n) is 3.17. The lowest BCUT2D eigenvalue weighted by atomic mass is 10.1. The van der Waals surface area contributed by atoms with E-state index in [-0.39, 0.29) is 5.91 Å². The first kappa shape index (κ1) is 14.0. The number of hydrogen-bond donors (Lipinski definition) is 1. The van der Waals surface area contributed by atoms with Crippen molar-refractivity contribution in [3.8, 4) is 0 Å². The summed E-state index contributed by atoms with van der Waals surface area (Å²) in [6.45, 7) is 0. The van der Waals surface area contributed by atoms with Crippen molar-refractivity contribution in [2.45, 2.75) is 16.3 Å². The van der Waals surface area contributed by atoms with E-state index in [1.54, 1.807) is 6.07 Å². The molecule has 108 valence electrons. The molecule has 0 bridgehead atoms. The van der Waals surface area contributed by atoms with Gasteiger partial charge in [-0.25, -0.2) is 0 Å². The number of amides is 1. The second-order valence-corrected chi connectivity index (χ2v) is 5.75. The third kappa shape index (κ3) is 2.76. The Labute approximate surface area is 123 Å². The average Bonchev–Trinajstić information content (AvgIpc) is 2.46. The van der Waals surface area contributed by atoms with Gasteiger partial charge in [-0.15, -0.1) is 11.8 Å². The van der Waals surface area contributed by atoms with Gasteiger partial charge in [-0.1, -0.05) is 24.3 Å². The highest BCUT2D eigenvalue weighted by molar-refractivity contribution is 8.00. The molecule has 0 saturated carbocycles. The minimum absolute atomic E-state index is 0.224. The molecule has 1 heterocycles. The Morgan fingerprint density at radius 3 is 2.33 bits per heavy atom. The summed E-state index contributed by atoms with van der Waals surface area (Å²) >= 11 is 1.34. The molecule has 0 unspecified atom stereocenters. The molecule has 2 aromatic rings. The number of benzene rings is 2. The van der Waals surface area contributed by atoms with E-state index in [0.29, 0.717) is 5.56 Å². The first-order chi connectivity index (χ1) is 9.95. The largest absolute Gasteiger partial charge is 0.416 e. The van der Waals surface area contributed by atoms with Crippen LogP contribution in [0.25, 0.3) is 0 Å². The monoisotopic (exact) mass is 309 g/mol. The summed E-state index contributed by atoms with van der Waals surface area (Å²) < 4.78 is 37.7. The zero-order valence-electron chi connectivity index (χ0n) is 10.6. The zero-order chi connectivity index (χ0) is 15.0. The fraction of sp³-hybridized carbons (Fsp3) is 0.133. The van der Waals surface area contributed by atoms with Crippen LogP contribution in [0.4, 0.5) is 18.9 Å². The number of carbonyl (C=O) groups excluding carboxylic acids is 1. The smallest absolute Gasteiger partial charge is 0.324 e. The molecule has 0 spiro atoms. The highest BCUT2D eigenvalue weighted by atomic mass is 32.2. The second kappa shape index (κ2) is 5.11. The molecule has 6 heteroatoms. The molecule has 3 rings (SSSR count). The van der Waals surface area contributed by atoms with Crippen LogP contribution in [-0.4, -0.2) is 5.91 Å². The first-order valence-corrected chi connectivity index (χ1v) is 7.07. The van der Waals surface area contributed by atoms with Crippen molar-refractivity contribution in [2.75, 3.05) is 5.32 Å². The molecule has 1 atom stereocenters. The molecule has 1 aliphatic rings. The van der Waals surface area contributed by atoms with Gasteiger partial charge in [-0.3, -0.25) is 4.79 Å². The fourth-order valence-electron chi connectivity index (χ4n) is 2.12. The Balaban J connectivity index is 1.89. The van der Waals surface area contributed by atoms with E-state index in [9.17, 15) is 18.0 Å². The molecule has 0 aliphatic carbocycles. The minimum atomic E-state index is -4.37. The van der Waals surface area contributed by atoms with E-state index in [0.717, 1.165) is 22.7 Å². The normalized spacial score (nSPS) is 18.0. The van der Waals surface area contributed by atoms with Crippen LogP contribution in [0.1, 0.15) is 16.4 Å². The van der Waals surface area contributed by atoms with Crippen molar-refractivity contribution in [2.24, 2.45) is 0 Å². The molecule has 0 saturated heterocycles. The van der Waals surface area contributed by atoms with Crippen molar-refractivity contribution in [1.82, 2.24) is 0 Å². The standard InChI is InChI=1S/C15H10F3NOS/c16-15(17,18)10-7-5-9(6-8-10)13-14(20)19-11-3-1-2-4-12(11)21-13/h1-8,13H,(H,19,20)/t13-/m0/s1. The van der Waals surface area contributed by atoms with Crippen LogP contribution in [0.15, 0.2) is 53.4 Å². The quantitative estimate of drug-likeness (QED) is 0.841. The first-order valence-electron chi connectivity index (χ1n) is 6.19. The van der Waals surface area contributed by atoms with Crippen molar-refractivity contribution in [3.05, 3.63) is 59.7 Å². The lowest BCUT2D eigenvalue weighted by molar-refractivity contribution is -0.137. The van der Waals surface area contributed by atoms with Gasteiger partial charge < -0.3 is 5.32 Å². The number of para-hydroxylation sites is 1. The van der Waals surface area contributed by atoms with E-state index >= 15 is 0 Å². The van der Waals surface area contributed by atoms with Crippen molar-refractivity contribution in [1.29, 1.82) is 0 Å². The number of fused-ring (bicyclic) bond motifs is 1. The molecule has 0 radical (unpaired) electrons. The van der Waals surface area contributed by atoms with Gasteiger partial charge in [-0.2, -0.15) is 13.2 Å². The molecule has 21 heavy (non-hydrogen) atoms. The summed E-state index contributed by atoms with van der Waals surface area (Å²) in [6.07, 6.45) is -4.37. The number of anilines is 1. The molecule has 2 nitrogen and oxygen atoms in total. The Kier molecular flexibility index (Phi) is 3.41.